The highest BCUT2D eigenvalue weighted by atomic mass is 16.2. The van der Waals surface area contributed by atoms with Crippen LogP contribution in [0.2, 0.25) is 0 Å². The average molecular weight is 366 g/mol. The minimum absolute atomic E-state index is 0.0595. The topological polar surface area (TPSA) is 75.9 Å². The van der Waals surface area contributed by atoms with Crippen molar-refractivity contribution in [2.24, 2.45) is 11.8 Å². The Morgan fingerprint density at radius 2 is 2.04 bits per heavy atom. The lowest BCUT2D eigenvalue weighted by atomic mass is 9.89. The Morgan fingerprint density at radius 3 is 2.81 bits per heavy atom. The summed E-state index contributed by atoms with van der Waals surface area (Å²) < 4.78 is 2.06. The molecule has 2 aromatic heterocycles. The maximum atomic E-state index is 12.6. The van der Waals surface area contributed by atoms with Gasteiger partial charge in [0.2, 0.25) is 5.82 Å². The molecule has 2 aliphatic heterocycles. The molecule has 0 spiro atoms. The van der Waals surface area contributed by atoms with Crippen LogP contribution in [0.25, 0.3) is 0 Å². The smallest absolute Gasteiger partial charge is 0.289 e. The number of aromatic nitrogens is 4. The van der Waals surface area contributed by atoms with Crippen LogP contribution in [-0.4, -0.2) is 49.7 Å². The molecule has 7 heteroatoms. The van der Waals surface area contributed by atoms with Gasteiger partial charge in [-0.25, -0.2) is 0 Å². The summed E-state index contributed by atoms with van der Waals surface area (Å²) >= 11 is 0. The fraction of sp³-hybridized carbons (Fsp3) is 0.600. The molecule has 5 rings (SSSR count). The van der Waals surface area contributed by atoms with Crippen molar-refractivity contribution in [3.63, 3.8) is 0 Å². The van der Waals surface area contributed by atoms with Crippen molar-refractivity contribution in [1.82, 2.24) is 30.0 Å². The van der Waals surface area contributed by atoms with E-state index in [2.05, 4.69) is 42.1 Å². The van der Waals surface area contributed by atoms with Gasteiger partial charge in [0.15, 0.2) is 0 Å². The molecule has 1 amide bonds. The summed E-state index contributed by atoms with van der Waals surface area (Å²) in [5.74, 6) is 2.54. The predicted octanol–water partition coefficient (Wildman–Crippen LogP) is 1.57. The van der Waals surface area contributed by atoms with E-state index < -0.39 is 0 Å². The highest BCUT2D eigenvalue weighted by molar-refractivity contribution is 5.91. The molecule has 2 aromatic rings. The van der Waals surface area contributed by atoms with Crippen molar-refractivity contribution >= 4 is 5.91 Å². The second-order valence-corrected chi connectivity index (χ2v) is 8.34. The van der Waals surface area contributed by atoms with Crippen molar-refractivity contribution in [2.75, 3.05) is 13.1 Å². The molecule has 1 aliphatic carbocycles. The van der Waals surface area contributed by atoms with Crippen molar-refractivity contribution in [3.05, 3.63) is 41.2 Å². The number of pyridine rings is 1. The zero-order valence-electron chi connectivity index (χ0n) is 15.8. The van der Waals surface area contributed by atoms with Crippen LogP contribution in [0.3, 0.4) is 0 Å². The monoisotopic (exact) mass is 366 g/mol. The number of rotatable bonds is 4. The van der Waals surface area contributed by atoms with Gasteiger partial charge in [0.1, 0.15) is 5.82 Å². The Balaban J connectivity index is 1.26. The van der Waals surface area contributed by atoms with Gasteiger partial charge in [-0.1, -0.05) is 6.07 Å². The average Bonchev–Trinajstić information content (AvgIpc) is 3.18. The van der Waals surface area contributed by atoms with Crippen LogP contribution in [0.4, 0.5) is 0 Å². The Labute approximate surface area is 159 Å². The third-order valence-electron chi connectivity index (χ3n) is 6.32. The van der Waals surface area contributed by atoms with E-state index in [0.717, 1.165) is 62.7 Å². The lowest BCUT2D eigenvalue weighted by Gasteiger charge is -2.28. The van der Waals surface area contributed by atoms with Gasteiger partial charge >= 0.3 is 0 Å². The van der Waals surface area contributed by atoms with Crippen LogP contribution in [0, 0.1) is 18.8 Å². The molecule has 4 heterocycles. The third-order valence-corrected chi connectivity index (χ3v) is 6.32. The first kappa shape index (κ1) is 16.9. The zero-order valence-corrected chi connectivity index (χ0v) is 15.8. The van der Waals surface area contributed by atoms with E-state index in [-0.39, 0.29) is 5.91 Å². The SMILES string of the molecule is Cc1cccc(CN2C[C@@H]3Cn4c(nnc4C(=O)NC4CCC4)C[C@H]3C2)n1. The Morgan fingerprint density at radius 1 is 1.19 bits per heavy atom. The number of nitrogens with one attached hydrogen (secondary N) is 1. The minimum Gasteiger partial charge on any atom is -0.347 e. The summed E-state index contributed by atoms with van der Waals surface area (Å²) in [5.41, 5.74) is 2.20. The highest BCUT2D eigenvalue weighted by Crippen LogP contribution is 2.33. The molecule has 0 aromatic carbocycles. The molecule has 1 saturated heterocycles. The molecule has 3 aliphatic rings. The van der Waals surface area contributed by atoms with Crippen LogP contribution < -0.4 is 5.32 Å². The molecule has 2 atom stereocenters. The van der Waals surface area contributed by atoms with E-state index in [1.807, 2.05) is 13.0 Å². The van der Waals surface area contributed by atoms with Crippen molar-refractivity contribution in [3.8, 4) is 0 Å². The van der Waals surface area contributed by atoms with E-state index in [1.165, 1.54) is 6.42 Å². The molecule has 1 saturated carbocycles. The number of aryl methyl sites for hydroxylation is 1. The Bertz CT molecular complexity index is 858. The molecule has 0 radical (unpaired) electrons. The normalized spacial score (nSPS) is 24.9. The van der Waals surface area contributed by atoms with Crippen molar-refractivity contribution in [2.45, 2.75) is 51.7 Å². The minimum atomic E-state index is -0.0595. The van der Waals surface area contributed by atoms with Crippen LogP contribution in [0.1, 0.15) is 47.1 Å². The summed E-state index contributed by atoms with van der Waals surface area (Å²) in [6.07, 6.45) is 4.28. The Hall–Kier alpha value is -2.28. The number of likely N-dealkylation sites (tertiary alicyclic amines) is 1. The molecular formula is C20H26N6O. The van der Waals surface area contributed by atoms with Crippen LogP contribution in [0.15, 0.2) is 18.2 Å². The predicted molar refractivity (Wildman–Crippen MR) is 100 cm³/mol. The van der Waals surface area contributed by atoms with E-state index in [0.29, 0.717) is 23.7 Å². The van der Waals surface area contributed by atoms with E-state index in [4.69, 9.17) is 0 Å². The fourth-order valence-corrected chi connectivity index (χ4v) is 4.64. The van der Waals surface area contributed by atoms with Gasteiger partial charge in [-0.2, -0.15) is 0 Å². The molecule has 27 heavy (non-hydrogen) atoms. The van der Waals surface area contributed by atoms with E-state index in [9.17, 15) is 4.79 Å². The molecule has 0 bridgehead atoms. The standard InChI is InChI=1S/C20H26N6O/c1-13-4-2-7-17(21-13)12-25-9-14-8-18-23-24-19(26(18)11-15(14)10-25)20(27)22-16-5-3-6-16/h2,4,7,14-16H,3,5-6,8-12H2,1H3,(H,22,27)/t14-,15+/m0/s1. The number of nitrogens with zero attached hydrogens (tertiary/aromatic N) is 5. The first-order chi connectivity index (χ1) is 13.2. The first-order valence-electron chi connectivity index (χ1n) is 10.0. The van der Waals surface area contributed by atoms with Crippen LogP contribution in [0.5, 0.6) is 0 Å². The van der Waals surface area contributed by atoms with Gasteiger partial charge < -0.3 is 9.88 Å². The van der Waals surface area contributed by atoms with Gasteiger partial charge in [0, 0.05) is 44.3 Å². The first-order valence-corrected chi connectivity index (χ1v) is 10.0. The molecule has 0 unspecified atom stereocenters. The summed E-state index contributed by atoms with van der Waals surface area (Å²) in [6.45, 7) is 5.89. The Kier molecular flexibility index (Phi) is 4.19. The molecule has 2 fully saturated rings. The molecular weight excluding hydrogens is 340 g/mol. The largest absolute Gasteiger partial charge is 0.347 e. The number of carbonyl (C=O) groups is 1. The number of carbonyl (C=O) groups excluding carboxylic acids is 1. The summed E-state index contributed by atoms with van der Waals surface area (Å²) in [5, 5.41) is 11.6. The summed E-state index contributed by atoms with van der Waals surface area (Å²) in [4.78, 5) is 19.7. The number of fused-ring (bicyclic) bond motifs is 2. The summed E-state index contributed by atoms with van der Waals surface area (Å²) in [7, 11) is 0. The summed E-state index contributed by atoms with van der Waals surface area (Å²) in [6, 6.07) is 6.54. The van der Waals surface area contributed by atoms with Gasteiger partial charge in [0.05, 0.1) is 5.69 Å². The zero-order chi connectivity index (χ0) is 18.4. The van der Waals surface area contributed by atoms with Gasteiger partial charge in [-0.3, -0.25) is 14.7 Å². The highest BCUT2D eigenvalue weighted by Gasteiger charge is 2.39. The lowest BCUT2D eigenvalue weighted by molar-refractivity contribution is 0.0898. The third kappa shape index (κ3) is 3.25. The maximum absolute atomic E-state index is 12.6. The van der Waals surface area contributed by atoms with Crippen LogP contribution in [-0.2, 0) is 19.5 Å². The number of amides is 1. The van der Waals surface area contributed by atoms with Crippen molar-refractivity contribution < 1.29 is 4.79 Å². The lowest BCUT2D eigenvalue weighted by Crippen LogP contribution is -2.41. The number of hydrogen-bond donors (Lipinski definition) is 1. The number of hydrogen-bond acceptors (Lipinski definition) is 5. The van der Waals surface area contributed by atoms with Crippen LogP contribution >= 0.6 is 0 Å². The molecule has 7 nitrogen and oxygen atoms in total. The van der Waals surface area contributed by atoms with E-state index in [1.54, 1.807) is 0 Å². The van der Waals surface area contributed by atoms with Crippen molar-refractivity contribution in [1.29, 1.82) is 0 Å². The van der Waals surface area contributed by atoms with Gasteiger partial charge in [-0.15, -0.1) is 10.2 Å². The molecule has 142 valence electrons. The molecule has 1 N–H and O–H groups in total. The quantitative estimate of drug-likeness (QED) is 0.889. The second kappa shape index (κ2) is 6.71. The van der Waals surface area contributed by atoms with Gasteiger partial charge in [-0.05, 0) is 50.2 Å². The fourth-order valence-electron chi connectivity index (χ4n) is 4.64. The maximum Gasteiger partial charge on any atom is 0.289 e. The second-order valence-electron chi connectivity index (χ2n) is 8.34. The van der Waals surface area contributed by atoms with E-state index >= 15 is 0 Å². The van der Waals surface area contributed by atoms with Gasteiger partial charge in [0.25, 0.3) is 5.91 Å².